The van der Waals surface area contributed by atoms with Crippen LogP contribution in [-0.4, -0.2) is 26.7 Å². The standard InChI is InChI=1S/C11H13Cl2NO2/c1-14(6-5-11(15)16-2)10-7-8(12)3-4-9(10)13/h3-4,7H,5-6H2,1-2H3. The minimum Gasteiger partial charge on any atom is -0.469 e. The molecule has 0 amide bonds. The number of carbonyl (C=O) groups is 1. The molecule has 0 aliphatic rings. The highest BCUT2D eigenvalue weighted by Gasteiger charge is 2.09. The van der Waals surface area contributed by atoms with Crippen LogP contribution >= 0.6 is 23.2 Å². The first kappa shape index (κ1) is 13.1. The van der Waals surface area contributed by atoms with Gasteiger partial charge in [0.05, 0.1) is 24.2 Å². The number of anilines is 1. The van der Waals surface area contributed by atoms with Gasteiger partial charge in [-0.2, -0.15) is 0 Å². The van der Waals surface area contributed by atoms with E-state index < -0.39 is 0 Å². The van der Waals surface area contributed by atoms with Crippen LogP contribution < -0.4 is 4.90 Å². The van der Waals surface area contributed by atoms with E-state index in [0.29, 0.717) is 23.0 Å². The molecule has 0 heterocycles. The van der Waals surface area contributed by atoms with E-state index in [4.69, 9.17) is 23.2 Å². The highest BCUT2D eigenvalue weighted by molar-refractivity contribution is 6.35. The average molecular weight is 262 g/mol. The van der Waals surface area contributed by atoms with Crippen molar-refractivity contribution in [3.05, 3.63) is 28.2 Å². The number of benzene rings is 1. The molecular formula is C11H13Cl2NO2. The third-order valence-corrected chi connectivity index (χ3v) is 2.75. The van der Waals surface area contributed by atoms with Crippen molar-refractivity contribution in [3.8, 4) is 0 Å². The van der Waals surface area contributed by atoms with E-state index in [-0.39, 0.29) is 5.97 Å². The Bertz CT molecular complexity index is 382. The van der Waals surface area contributed by atoms with E-state index >= 15 is 0 Å². The summed E-state index contributed by atoms with van der Waals surface area (Å²) < 4.78 is 4.57. The Morgan fingerprint density at radius 2 is 2.12 bits per heavy atom. The highest BCUT2D eigenvalue weighted by Crippen LogP contribution is 2.28. The van der Waals surface area contributed by atoms with Gasteiger partial charge in [-0.05, 0) is 18.2 Å². The van der Waals surface area contributed by atoms with E-state index in [1.54, 1.807) is 18.2 Å². The van der Waals surface area contributed by atoms with Gasteiger partial charge in [-0.15, -0.1) is 0 Å². The zero-order chi connectivity index (χ0) is 12.1. The summed E-state index contributed by atoms with van der Waals surface area (Å²) in [5.41, 5.74) is 0.804. The lowest BCUT2D eigenvalue weighted by Crippen LogP contribution is -2.21. The van der Waals surface area contributed by atoms with Crippen molar-refractivity contribution in [2.45, 2.75) is 6.42 Å². The van der Waals surface area contributed by atoms with Crippen LogP contribution in [0.2, 0.25) is 10.0 Å². The number of halogens is 2. The Balaban J connectivity index is 2.68. The molecule has 16 heavy (non-hydrogen) atoms. The van der Waals surface area contributed by atoms with Crippen molar-refractivity contribution in [1.29, 1.82) is 0 Å². The Kier molecular flexibility index (Phi) is 4.90. The molecule has 0 aliphatic heterocycles. The molecule has 0 aromatic heterocycles. The molecule has 88 valence electrons. The van der Waals surface area contributed by atoms with Gasteiger partial charge >= 0.3 is 5.97 Å². The van der Waals surface area contributed by atoms with Crippen molar-refractivity contribution in [2.24, 2.45) is 0 Å². The lowest BCUT2D eigenvalue weighted by Gasteiger charge is -2.20. The Labute approximate surface area is 105 Å². The van der Waals surface area contributed by atoms with E-state index in [9.17, 15) is 4.79 Å². The van der Waals surface area contributed by atoms with Gasteiger partial charge in [-0.3, -0.25) is 4.79 Å². The van der Waals surface area contributed by atoms with Gasteiger partial charge in [0.15, 0.2) is 0 Å². The van der Waals surface area contributed by atoms with Gasteiger partial charge < -0.3 is 9.64 Å². The number of esters is 1. The molecule has 0 radical (unpaired) electrons. The molecule has 0 aliphatic carbocycles. The minimum absolute atomic E-state index is 0.245. The maximum Gasteiger partial charge on any atom is 0.307 e. The van der Waals surface area contributed by atoms with Crippen molar-refractivity contribution in [1.82, 2.24) is 0 Å². The molecule has 0 N–H and O–H groups in total. The number of nitrogens with zero attached hydrogens (tertiary/aromatic N) is 1. The first-order chi connectivity index (χ1) is 7.54. The van der Waals surface area contributed by atoms with E-state index in [1.165, 1.54) is 7.11 Å². The van der Waals surface area contributed by atoms with Crippen molar-refractivity contribution >= 4 is 34.9 Å². The maximum absolute atomic E-state index is 11.0. The van der Waals surface area contributed by atoms with Crippen molar-refractivity contribution in [3.63, 3.8) is 0 Å². The summed E-state index contributed by atoms with van der Waals surface area (Å²) in [4.78, 5) is 12.9. The monoisotopic (exact) mass is 261 g/mol. The van der Waals surface area contributed by atoms with Crippen LogP contribution in [0.1, 0.15) is 6.42 Å². The largest absolute Gasteiger partial charge is 0.469 e. The van der Waals surface area contributed by atoms with Gasteiger partial charge in [0.1, 0.15) is 0 Å². The van der Waals surface area contributed by atoms with Crippen LogP contribution in [-0.2, 0) is 9.53 Å². The normalized spacial score (nSPS) is 10.0. The van der Waals surface area contributed by atoms with Gasteiger partial charge in [0.25, 0.3) is 0 Å². The molecule has 0 saturated carbocycles. The van der Waals surface area contributed by atoms with Gasteiger partial charge in [0, 0.05) is 18.6 Å². The Morgan fingerprint density at radius 1 is 1.44 bits per heavy atom. The van der Waals surface area contributed by atoms with Crippen LogP contribution in [0.3, 0.4) is 0 Å². The number of hydrogen-bond acceptors (Lipinski definition) is 3. The fourth-order valence-corrected chi connectivity index (χ4v) is 1.69. The van der Waals surface area contributed by atoms with E-state index in [2.05, 4.69) is 4.74 Å². The summed E-state index contributed by atoms with van der Waals surface area (Å²) in [5, 5.41) is 1.22. The molecule has 0 fully saturated rings. The van der Waals surface area contributed by atoms with Gasteiger partial charge in [0.2, 0.25) is 0 Å². The molecule has 1 aromatic rings. The summed E-state index contributed by atoms with van der Waals surface area (Å²) >= 11 is 11.9. The van der Waals surface area contributed by atoms with E-state index in [1.807, 2.05) is 11.9 Å². The maximum atomic E-state index is 11.0. The molecule has 1 rings (SSSR count). The molecule has 0 atom stereocenters. The highest BCUT2D eigenvalue weighted by atomic mass is 35.5. The topological polar surface area (TPSA) is 29.5 Å². The second kappa shape index (κ2) is 5.97. The summed E-state index contributed by atoms with van der Waals surface area (Å²) in [6.07, 6.45) is 0.315. The SMILES string of the molecule is COC(=O)CCN(C)c1cc(Cl)ccc1Cl. The second-order valence-electron chi connectivity index (χ2n) is 3.34. The van der Waals surface area contributed by atoms with Crippen LogP contribution in [0.15, 0.2) is 18.2 Å². The van der Waals surface area contributed by atoms with Crippen LogP contribution in [0.25, 0.3) is 0 Å². The number of ether oxygens (including phenoxy) is 1. The van der Waals surface area contributed by atoms with Crippen molar-refractivity contribution in [2.75, 3.05) is 25.6 Å². The lowest BCUT2D eigenvalue weighted by atomic mass is 10.3. The first-order valence-corrected chi connectivity index (χ1v) is 5.53. The summed E-state index contributed by atoms with van der Waals surface area (Å²) in [5.74, 6) is -0.245. The molecule has 0 bridgehead atoms. The zero-order valence-electron chi connectivity index (χ0n) is 9.17. The second-order valence-corrected chi connectivity index (χ2v) is 4.19. The predicted octanol–water partition coefficient (Wildman–Crippen LogP) is 2.99. The fourth-order valence-electron chi connectivity index (χ4n) is 1.26. The number of carbonyl (C=O) groups excluding carboxylic acids is 1. The van der Waals surface area contributed by atoms with Crippen LogP contribution in [0.4, 0.5) is 5.69 Å². The lowest BCUT2D eigenvalue weighted by molar-refractivity contribution is -0.140. The smallest absolute Gasteiger partial charge is 0.307 e. The molecule has 3 nitrogen and oxygen atoms in total. The number of hydrogen-bond donors (Lipinski definition) is 0. The molecule has 5 heteroatoms. The molecule has 0 spiro atoms. The third-order valence-electron chi connectivity index (χ3n) is 2.20. The predicted molar refractivity (Wildman–Crippen MR) is 66.4 cm³/mol. The summed E-state index contributed by atoms with van der Waals surface area (Å²) in [6, 6.07) is 5.22. The first-order valence-electron chi connectivity index (χ1n) is 4.77. The quantitative estimate of drug-likeness (QED) is 0.781. The fraction of sp³-hybridized carbons (Fsp3) is 0.364. The molecule has 0 unspecified atom stereocenters. The van der Waals surface area contributed by atoms with Gasteiger partial charge in [-0.1, -0.05) is 23.2 Å². The minimum atomic E-state index is -0.245. The molecule has 0 saturated heterocycles. The Hall–Kier alpha value is -0.930. The van der Waals surface area contributed by atoms with Crippen LogP contribution in [0, 0.1) is 0 Å². The molecular weight excluding hydrogens is 249 g/mol. The summed E-state index contributed by atoms with van der Waals surface area (Å²) in [6.45, 7) is 0.534. The summed E-state index contributed by atoms with van der Waals surface area (Å²) in [7, 11) is 3.22. The Morgan fingerprint density at radius 3 is 2.75 bits per heavy atom. The number of methoxy groups -OCH3 is 1. The zero-order valence-corrected chi connectivity index (χ0v) is 10.7. The average Bonchev–Trinajstić information content (AvgIpc) is 2.28. The van der Waals surface area contributed by atoms with Crippen LogP contribution in [0.5, 0.6) is 0 Å². The van der Waals surface area contributed by atoms with Gasteiger partial charge in [-0.25, -0.2) is 0 Å². The third kappa shape index (κ3) is 3.58. The van der Waals surface area contributed by atoms with E-state index in [0.717, 1.165) is 5.69 Å². The molecule has 1 aromatic carbocycles. The van der Waals surface area contributed by atoms with Crippen molar-refractivity contribution < 1.29 is 9.53 Å². The number of rotatable bonds is 4.